The minimum atomic E-state index is 0.577. The van der Waals surface area contributed by atoms with Crippen molar-refractivity contribution in [1.29, 1.82) is 0 Å². The fourth-order valence-corrected chi connectivity index (χ4v) is 4.52. The molecule has 0 spiro atoms. The van der Waals surface area contributed by atoms with Crippen molar-refractivity contribution in [3.05, 3.63) is 72.2 Å². The third kappa shape index (κ3) is 5.78. The topological polar surface area (TPSA) is 81.8 Å². The summed E-state index contributed by atoms with van der Waals surface area (Å²) >= 11 is 1.68. The maximum atomic E-state index is 4.45. The highest BCUT2D eigenvalue weighted by Gasteiger charge is 2.10. The van der Waals surface area contributed by atoms with Gasteiger partial charge in [-0.25, -0.2) is 9.97 Å². The molecular weight excluding hydrogens is 430 g/mol. The molecule has 0 atom stereocenters. The second-order valence-electron chi connectivity index (χ2n) is 8.05. The van der Waals surface area contributed by atoms with Crippen LogP contribution in [0.1, 0.15) is 24.0 Å². The number of benzene rings is 2. The second kappa shape index (κ2) is 10.6. The first-order valence-electron chi connectivity index (χ1n) is 11.2. The molecular formula is C25H27N7S. The van der Waals surface area contributed by atoms with Crippen LogP contribution in [0, 0.1) is 0 Å². The molecule has 0 aliphatic carbocycles. The van der Waals surface area contributed by atoms with Crippen molar-refractivity contribution in [2.24, 2.45) is 0 Å². The van der Waals surface area contributed by atoms with E-state index in [1.54, 1.807) is 11.9 Å². The number of nitrogens with zero attached hydrogens (tertiary/aromatic N) is 4. The van der Waals surface area contributed by atoms with Gasteiger partial charge in [-0.2, -0.15) is 5.10 Å². The van der Waals surface area contributed by atoms with E-state index in [-0.39, 0.29) is 0 Å². The van der Waals surface area contributed by atoms with E-state index >= 15 is 0 Å². The van der Waals surface area contributed by atoms with Crippen LogP contribution in [0.4, 0.5) is 11.6 Å². The normalized spacial score (nSPS) is 14.4. The second-order valence-corrected chi connectivity index (χ2v) is 9.01. The van der Waals surface area contributed by atoms with Crippen molar-refractivity contribution < 1.29 is 0 Å². The average molecular weight is 458 g/mol. The first-order valence-corrected chi connectivity index (χ1v) is 12.1. The molecule has 0 amide bonds. The lowest BCUT2D eigenvalue weighted by Gasteiger charge is -2.14. The molecule has 3 heterocycles. The quantitative estimate of drug-likeness (QED) is 0.242. The van der Waals surface area contributed by atoms with E-state index in [0.29, 0.717) is 5.95 Å². The Hall–Kier alpha value is -3.20. The number of hydrogen-bond donors (Lipinski definition) is 3. The Morgan fingerprint density at radius 1 is 0.970 bits per heavy atom. The first-order chi connectivity index (χ1) is 16.3. The monoisotopic (exact) mass is 457 g/mol. The van der Waals surface area contributed by atoms with Gasteiger partial charge in [0.05, 0.1) is 11.7 Å². The van der Waals surface area contributed by atoms with Gasteiger partial charge in [0.1, 0.15) is 0 Å². The lowest BCUT2D eigenvalue weighted by molar-refractivity contribution is 0.345. The Kier molecular flexibility index (Phi) is 6.96. The molecule has 1 aliphatic rings. The van der Waals surface area contributed by atoms with Crippen molar-refractivity contribution in [3.8, 4) is 0 Å². The standard InChI is InChI=1S/C25H27N7S/c1-2-14-32(13-1)15-12-29-33-22-10-8-21(9-11-22)30-25-26-16-19(17-27-25)6-7-20-4-3-5-24-23(20)18-28-31-24/h3-11,16-18,29H,1-2,12-15H2,(H,28,31)(H,26,27,30)/b7-6+. The number of anilines is 2. The number of H-pyrrole nitrogens is 1. The molecule has 4 aromatic rings. The fourth-order valence-electron chi connectivity index (χ4n) is 3.89. The Morgan fingerprint density at radius 3 is 2.61 bits per heavy atom. The summed E-state index contributed by atoms with van der Waals surface area (Å²) in [6.45, 7) is 4.60. The van der Waals surface area contributed by atoms with Crippen LogP contribution in [0.2, 0.25) is 0 Å². The summed E-state index contributed by atoms with van der Waals surface area (Å²) in [5, 5.41) is 11.5. The zero-order valence-electron chi connectivity index (χ0n) is 18.4. The zero-order valence-corrected chi connectivity index (χ0v) is 19.2. The highest BCUT2D eigenvalue weighted by molar-refractivity contribution is 7.97. The van der Waals surface area contributed by atoms with Gasteiger partial charge in [-0.3, -0.25) is 9.82 Å². The third-order valence-electron chi connectivity index (χ3n) is 5.67. The Bertz CT molecular complexity index is 1200. The van der Waals surface area contributed by atoms with Crippen LogP contribution < -0.4 is 10.0 Å². The molecule has 1 fully saturated rings. The summed E-state index contributed by atoms with van der Waals surface area (Å²) in [6, 6.07) is 14.4. The third-order valence-corrected chi connectivity index (χ3v) is 6.53. The average Bonchev–Trinajstić information content (AvgIpc) is 3.55. The molecule has 0 saturated carbocycles. The van der Waals surface area contributed by atoms with E-state index < -0.39 is 0 Å². The largest absolute Gasteiger partial charge is 0.324 e. The maximum Gasteiger partial charge on any atom is 0.227 e. The zero-order chi connectivity index (χ0) is 22.3. The molecule has 0 unspecified atom stereocenters. The van der Waals surface area contributed by atoms with Crippen LogP contribution in [0.25, 0.3) is 23.1 Å². The van der Waals surface area contributed by atoms with Crippen LogP contribution in [0.3, 0.4) is 0 Å². The summed E-state index contributed by atoms with van der Waals surface area (Å²) in [6.07, 6.45) is 12.2. The highest BCUT2D eigenvalue weighted by Crippen LogP contribution is 2.21. The summed E-state index contributed by atoms with van der Waals surface area (Å²) in [4.78, 5) is 12.6. The Balaban J connectivity index is 1.12. The molecule has 33 heavy (non-hydrogen) atoms. The van der Waals surface area contributed by atoms with Crippen molar-refractivity contribution in [2.45, 2.75) is 17.7 Å². The number of aromatic amines is 1. The van der Waals surface area contributed by atoms with E-state index in [2.05, 4.69) is 59.4 Å². The summed E-state index contributed by atoms with van der Waals surface area (Å²) in [7, 11) is 0. The number of likely N-dealkylation sites (tertiary alicyclic amines) is 1. The Morgan fingerprint density at radius 2 is 1.79 bits per heavy atom. The predicted molar refractivity (Wildman–Crippen MR) is 136 cm³/mol. The van der Waals surface area contributed by atoms with E-state index in [9.17, 15) is 0 Å². The van der Waals surface area contributed by atoms with Gasteiger partial charge >= 0.3 is 0 Å². The predicted octanol–water partition coefficient (Wildman–Crippen LogP) is 4.96. The van der Waals surface area contributed by atoms with Gasteiger partial charge in [0.25, 0.3) is 0 Å². The van der Waals surface area contributed by atoms with E-state index in [0.717, 1.165) is 40.8 Å². The molecule has 2 aromatic heterocycles. The smallest absolute Gasteiger partial charge is 0.227 e. The maximum absolute atomic E-state index is 4.45. The summed E-state index contributed by atoms with van der Waals surface area (Å²) in [5.41, 5.74) is 4.03. The summed E-state index contributed by atoms with van der Waals surface area (Å²) < 4.78 is 3.45. The van der Waals surface area contributed by atoms with Gasteiger partial charge in [0.15, 0.2) is 0 Å². The first kappa shape index (κ1) is 21.6. The number of rotatable bonds is 9. The molecule has 7 nitrogen and oxygen atoms in total. The van der Waals surface area contributed by atoms with Crippen LogP contribution in [0.5, 0.6) is 0 Å². The van der Waals surface area contributed by atoms with E-state index in [1.807, 2.05) is 48.9 Å². The molecule has 168 valence electrons. The molecule has 0 radical (unpaired) electrons. The molecule has 0 bridgehead atoms. The lowest BCUT2D eigenvalue weighted by Crippen LogP contribution is -2.27. The van der Waals surface area contributed by atoms with E-state index in [1.165, 1.54) is 30.8 Å². The fraction of sp³-hybridized carbons (Fsp3) is 0.240. The van der Waals surface area contributed by atoms with Gasteiger partial charge in [-0.05, 0) is 73.8 Å². The van der Waals surface area contributed by atoms with Crippen molar-refractivity contribution in [1.82, 2.24) is 29.8 Å². The van der Waals surface area contributed by atoms with Crippen molar-refractivity contribution >= 4 is 46.6 Å². The van der Waals surface area contributed by atoms with Crippen molar-refractivity contribution in [2.75, 3.05) is 31.5 Å². The Labute approximate surface area is 197 Å². The molecule has 5 rings (SSSR count). The minimum absolute atomic E-state index is 0.577. The molecule has 8 heteroatoms. The minimum Gasteiger partial charge on any atom is -0.324 e. The van der Waals surface area contributed by atoms with Crippen LogP contribution >= 0.6 is 11.9 Å². The number of aromatic nitrogens is 4. The molecule has 1 saturated heterocycles. The van der Waals surface area contributed by atoms with Gasteiger partial charge in [-0.15, -0.1) is 0 Å². The SMILES string of the molecule is C(=C\c1cccc2[nH]ncc12)/c1cnc(Nc2ccc(SNCCN3CCCC3)cc2)nc1. The van der Waals surface area contributed by atoms with Gasteiger partial charge in [0.2, 0.25) is 5.95 Å². The highest BCUT2D eigenvalue weighted by atomic mass is 32.2. The van der Waals surface area contributed by atoms with Crippen LogP contribution in [-0.4, -0.2) is 51.2 Å². The van der Waals surface area contributed by atoms with Crippen LogP contribution in [-0.2, 0) is 0 Å². The van der Waals surface area contributed by atoms with Gasteiger partial charge < -0.3 is 10.2 Å². The summed E-state index contributed by atoms with van der Waals surface area (Å²) in [5.74, 6) is 0.577. The van der Waals surface area contributed by atoms with E-state index in [4.69, 9.17) is 0 Å². The molecule has 1 aliphatic heterocycles. The number of hydrogen-bond acceptors (Lipinski definition) is 7. The van der Waals surface area contributed by atoms with Crippen molar-refractivity contribution in [3.63, 3.8) is 0 Å². The van der Waals surface area contributed by atoms with Gasteiger partial charge in [0, 0.05) is 47.0 Å². The number of nitrogens with one attached hydrogen (secondary N) is 3. The van der Waals surface area contributed by atoms with Crippen LogP contribution in [0.15, 0.2) is 66.0 Å². The lowest BCUT2D eigenvalue weighted by atomic mass is 10.1. The molecule has 2 aromatic carbocycles. The molecule has 3 N–H and O–H groups in total. The number of fused-ring (bicyclic) bond motifs is 1. The van der Waals surface area contributed by atoms with Gasteiger partial charge in [-0.1, -0.05) is 24.3 Å².